The number of fused-ring (bicyclic) bond motifs is 1. The minimum atomic E-state index is -0.721. The van der Waals surface area contributed by atoms with Crippen LogP contribution in [0.1, 0.15) is 23.6 Å². The number of carboxylic acid groups (broad SMARTS) is 1. The highest BCUT2D eigenvalue weighted by molar-refractivity contribution is 5.85. The van der Waals surface area contributed by atoms with Crippen LogP contribution in [0.15, 0.2) is 18.2 Å². The highest BCUT2D eigenvalue weighted by Gasteiger charge is 2.13. The Kier molecular flexibility index (Phi) is 5.63. The van der Waals surface area contributed by atoms with Gasteiger partial charge in [0, 0.05) is 0 Å². The van der Waals surface area contributed by atoms with Crippen molar-refractivity contribution >= 4 is 18.4 Å². The Hall–Kier alpha value is -1.06. The molecule has 0 aliphatic carbocycles. The lowest BCUT2D eigenvalue weighted by molar-refractivity contribution is -0.141. The summed E-state index contributed by atoms with van der Waals surface area (Å²) in [7, 11) is 0. The van der Waals surface area contributed by atoms with Gasteiger partial charge in [0.05, 0.1) is 5.92 Å². The summed E-state index contributed by atoms with van der Waals surface area (Å²) in [5.74, 6) is -1.03. The standard InChI is InChI=1S/C14H19NO2.ClH/c1-10(14(16)17)8-11-2-3-12-4-6-15-7-5-13(12)9-11;/h2-3,9-10,15H,4-8H2,1H3,(H,16,17);1H. The number of hydrogen-bond donors (Lipinski definition) is 2. The van der Waals surface area contributed by atoms with E-state index < -0.39 is 5.97 Å². The van der Waals surface area contributed by atoms with Crippen LogP contribution < -0.4 is 5.32 Å². The van der Waals surface area contributed by atoms with Crippen LogP contribution in [0, 0.1) is 5.92 Å². The third kappa shape index (κ3) is 3.72. The molecule has 1 aliphatic heterocycles. The van der Waals surface area contributed by atoms with Gasteiger partial charge >= 0.3 is 5.97 Å². The number of carboxylic acids is 1. The van der Waals surface area contributed by atoms with Crippen molar-refractivity contribution < 1.29 is 9.90 Å². The summed E-state index contributed by atoms with van der Waals surface area (Å²) < 4.78 is 0. The van der Waals surface area contributed by atoms with Crippen molar-refractivity contribution in [1.82, 2.24) is 5.32 Å². The van der Waals surface area contributed by atoms with Crippen LogP contribution in [-0.4, -0.2) is 24.2 Å². The predicted molar refractivity (Wildman–Crippen MR) is 74.5 cm³/mol. The van der Waals surface area contributed by atoms with E-state index >= 15 is 0 Å². The molecule has 0 aromatic heterocycles. The van der Waals surface area contributed by atoms with Crippen LogP contribution in [0.25, 0.3) is 0 Å². The maximum absolute atomic E-state index is 10.8. The molecule has 0 fully saturated rings. The third-order valence-electron chi connectivity index (χ3n) is 3.38. The second-order valence-corrected chi connectivity index (χ2v) is 4.80. The van der Waals surface area contributed by atoms with E-state index in [4.69, 9.17) is 5.11 Å². The first-order valence-corrected chi connectivity index (χ1v) is 6.21. The highest BCUT2D eigenvalue weighted by atomic mass is 35.5. The molecule has 2 rings (SSSR count). The van der Waals surface area contributed by atoms with Crippen molar-refractivity contribution in [2.24, 2.45) is 5.92 Å². The Morgan fingerprint density at radius 1 is 1.33 bits per heavy atom. The smallest absolute Gasteiger partial charge is 0.306 e. The third-order valence-corrected chi connectivity index (χ3v) is 3.38. The summed E-state index contributed by atoms with van der Waals surface area (Å²) in [6.45, 7) is 3.82. The van der Waals surface area contributed by atoms with Gasteiger partial charge in [-0.1, -0.05) is 25.1 Å². The van der Waals surface area contributed by atoms with Gasteiger partial charge in [0.15, 0.2) is 0 Å². The Morgan fingerprint density at radius 3 is 2.67 bits per heavy atom. The molecule has 18 heavy (non-hydrogen) atoms. The molecule has 100 valence electrons. The van der Waals surface area contributed by atoms with Crippen molar-refractivity contribution in [3.05, 3.63) is 34.9 Å². The first kappa shape index (κ1) is 15.0. The quantitative estimate of drug-likeness (QED) is 0.883. The van der Waals surface area contributed by atoms with Crippen molar-refractivity contribution in [2.75, 3.05) is 13.1 Å². The van der Waals surface area contributed by atoms with Crippen LogP contribution in [0.5, 0.6) is 0 Å². The van der Waals surface area contributed by atoms with Crippen molar-refractivity contribution in [2.45, 2.75) is 26.2 Å². The monoisotopic (exact) mass is 269 g/mol. The van der Waals surface area contributed by atoms with Crippen LogP contribution in [0.4, 0.5) is 0 Å². The molecule has 0 saturated heterocycles. The lowest BCUT2D eigenvalue weighted by Crippen LogP contribution is -2.16. The summed E-state index contributed by atoms with van der Waals surface area (Å²) in [4.78, 5) is 10.8. The fraction of sp³-hybridized carbons (Fsp3) is 0.500. The van der Waals surface area contributed by atoms with Crippen molar-refractivity contribution in [3.63, 3.8) is 0 Å². The number of carbonyl (C=O) groups is 1. The van der Waals surface area contributed by atoms with Gasteiger partial charge in [-0.15, -0.1) is 12.4 Å². The predicted octanol–water partition coefficient (Wildman–Crippen LogP) is 2.06. The van der Waals surface area contributed by atoms with Gasteiger partial charge in [-0.2, -0.15) is 0 Å². The molecule has 1 heterocycles. The number of hydrogen-bond acceptors (Lipinski definition) is 2. The molecular weight excluding hydrogens is 250 g/mol. The molecule has 2 N–H and O–H groups in total. The van der Waals surface area contributed by atoms with E-state index in [1.807, 2.05) is 0 Å². The Bertz CT molecular complexity index is 420. The molecule has 1 aromatic carbocycles. The van der Waals surface area contributed by atoms with E-state index in [0.29, 0.717) is 6.42 Å². The zero-order valence-electron chi connectivity index (χ0n) is 10.6. The minimum absolute atomic E-state index is 0. The van der Waals surface area contributed by atoms with E-state index in [1.165, 1.54) is 11.1 Å². The molecule has 0 saturated carbocycles. The van der Waals surface area contributed by atoms with Gasteiger partial charge in [0.25, 0.3) is 0 Å². The summed E-state index contributed by atoms with van der Waals surface area (Å²) >= 11 is 0. The maximum Gasteiger partial charge on any atom is 0.306 e. The number of rotatable bonds is 3. The average molecular weight is 270 g/mol. The van der Waals surface area contributed by atoms with Gasteiger partial charge in [-0.3, -0.25) is 4.79 Å². The molecule has 0 bridgehead atoms. The van der Waals surface area contributed by atoms with Gasteiger partial charge in [-0.05, 0) is 49.0 Å². The Labute approximate surface area is 114 Å². The highest BCUT2D eigenvalue weighted by Crippen LogP contribution is 2.17. The van der Waals surface area contributed by atoms with Crippen molar-refractivity contribution in [3.8, 4) is 0 Å². The Balaban J connectivity index is 0.00000162. The van der Waals surface area contributed by atoms with E-state index in [-0.39, 0.29) is 18.3 Å². The van der Waals surface area contributed by atoms with E-state index in [2.05, 4.69) is 23.5 Å². The maximum atomic E-state index is 10.8. The molecule has 1 atom stereocenters. The summed E-state index contributed by atoms with van der Waals surface area (Å²) in [6, 6.07) is 6.41. The number of benzene rings is 1. The zero-order valence-corrected chi connectivity index (χ0v) is 11.4. The van der Waals surface area contributed by atoms with Gasteiger partial charge in [-0.25, -0.2) is 0 Å². The summed E-state index contributed by atoms with van der Waals surface area (Å²) in [5.41, 5.74) is 3.92. The van der Waals surface area contributed by atoms with Crippen LogP contribution in [0.2, 0.25) is 0 Å². The van der Waals surface area contributed by atoms with E-state index in [9.17, 15) is 4.79 Å². The average Bonchev–Trinajstić information content (AvgIpc) is 2.53. The molecular formula is C14H20ClNO2. The van der Waals surface area contributed by atoms with Gasteiger partial charge < -0.3 is 10.4 Å². The molecule has 0 spiro atoms. The second kappa shape index (κ2) is 6.76. The van der Waals surface area contributed by atoms with E-state index in [1.54, 1.807) is 6.92 Å². The SMILES string of the molecule is CC(Cc1ccc2c(c1)CCNCC2)C(=O)O.Cl. The second-order valence-electron chi connectivity index (χ2n) is 4.80. The number of halogens is 1. The van der Waals surface area contributed by atoms with Gasteiger partial charge in [0.2, 0.25) is 0 Å². The normalized spacial score (nSPS) is 16.1. The number of nitrogens with one attached hydrogen (secondary N) is 1. The van der Waals surface area contributed by atoms with Crippen LogP contribution in [0.3, 0.4) is 0 Å². The fourth-order valence-electron chi connectivity index (χ4n) is 2.29. The lowest BCUT2D eigenvalue weighted by Gasteiger charge is -2.10. The molecule has 1 aliphatic rings. The Morgan fingerprint density at radius 2 is 2.00 bits per heavy atom. The van der Waals surface area contributed by atoms with Crippen molar-refractivity contribution in [1.29, 1.82) is 0 Å². The molecule has 1 aromatic rings. The minimum Gasteiger partial charge on any atom is -0.481 e. The zero-order chi connectivity index (χ0) is 12.3. The van der Waals surface area contributed by atoms with E-state index in [0.717, 1.165) is 31.5 Å². The first-order valence-electron chi connectivity index (χ1n) is 6.21. The van der Waals surface area contributed by atoms with Crippen LogP contribution >= 0.6 is 12.4 Å². The molecule has 0 radical (unpaired) electrons. The fourth-order valence-corrected chi connectivity index (χ4v) is 2.29. The molecule has 4 heteroatoms. The first-order chi connectivity index (χ1) is 8.16. The molecule has 0 amide bonds. The molecule has 3 nitrogen and oxygen atoms in total. The summed E-state index contributed by atoms with van der Waals surface area (Å²) in [6.07, 6.45) is 2.74. The lowest BCUT2D eigenvalue weighted by atomic mass is 9.95. The van der Waals surface area contributed by atoms with Crippen LogP contribution in [-0.2, 0) is 24.1 Å². The summed E-state index contributed by atoms with van der Waals surface area (Å²) in [5, 5.41) is 12.3. The van der Waals surface area contributed by atoms with Gasteiger partial charge in [0.1, 0.15) is 0 Å². The largest absolute Gasteiger partial charge is 0.481 e. The molecule has 1 unspecified atom stereocenters. The number of aliphatic carboxylic acids is 1. The topological polar surface area (TPSA) is 49.3 Å².